The molecule has 0 aliphatic carbocycles. The van der Waals surface area contributed by atoms with Crippen LogP contribution in [0.15, 0.2) is 30.3 Å². The molecule has 0 aromatic heterocycles. The fraction of sp³-hybridized carbons (Fsp3) is 0.214. The van der Waals surface area contributed by atoms with Crippen LogP contribution in [-0.4, -0.2) is 46.6 Å². The number of hydrogen-bond acceptors (Lipinski definition) is 3. The quantitative estimate of drug-likeness (QED) is 0.632. The van der Waals surface area contributed by atoms with Gasteiger partial charge in [0.15, 0.2) is 0 Å². The van der Waals surface area contributed by atoms with Crippen LogP contribution in [-0.2, 0) is 9.59 Å². The van der Waals surface area contributed by atoms with Crippen LogP contribution in [0.1, 0.15) is 5.56 Å². The lowest BCUT2D eigenvalue weighted by Gasteiger charge is -2.13. The number of imide groups is 2. The zero-order valence-electron chi connectivity index (χ0n) is 11.0. The fourth-order valence-corrected chi connectivity index (χ4v) is 2.02. The van der Waals surface area contributed by atoms with Crippen LogP contribution in [0.4, 0.5) is 9.18 Å². The smallest absolute Gasteiger partial charge is 0.273 e. The molecule has 0 N–H and O–H groups in total. The molecule has 1 heterocycles. The summed E-state index contributed by atoms with van der Waals surface area (Å²) in [5.74, 6) is -1.74. The number of carbonyl (C=O) groups is 3. The Hall–Kier alpha value is -2.21. The monoisotopic (exact) mass is 310 g/mol. The topological polar surface area (TPSA) is 57.7 Å². The van der Waals surface area contributed by atoms with Crippen molar-refractivity contribution in [3.05, 3.63) is 41.7 Å². The number of alkyl halides is 1. The number of rotatable bonds is 3. The van der Waals surface area contributed by atoms with E-state index in [9.17, 15) is 18.8 Å². The van der Waals surface area contributed by atoms with Gasteiger partial charge in [0, 0.05) is 19.2 Å². The van der Waals surface area contributed by atoms with Gasteiger partial charge in [-0.15, -0.1) is 11.6 Å². The van der Waals surface area contributed by atoms with Gasteiger partial charge < -0.3 is 0 Å². The Morgan fingerprint density at radius 2 is 1.81 bits per heavy atom. The van der Waals surface area contributed by atoms with Gasteiger partial charge in [0.05, 0.1) is 0 Å². The first-order valence-electron chi connectivity index (χ1n) is 6.18. The van der Waals surface area contributed by atoms with E-state index in [4.69, 9.17) is 11.6 Å². The molecule has 2 rings (SSSR count). The highest BCUT2D eigenvalue weighted by molar-refractivity contribution is 6.28. The molecule has 0 spiro atoms. The first kappa shape index (κ1) is 15.2. The third-order valence-corrected chi connectivity index (χ3v) is 3.21. The van der Waals surface area contributed by atoms with E-state index < -0.39 is 17.8 Å². The van der Waals surface area contributed by atoms with Crippen LogP contribution in [0.25, 0.3) is 6.08 Å². The van der Waals surface area contributed by atoms with Crippen molar-refractivity contribution in [2.24, 2.45) is 0 Å². The van der Waals surface area contributed by atoms with Crippen molar-refractivity contribution >= 4 is 35.5 Å². The number of benzene rings is 1. The predicted molar refractivity (Wildman–Crippen MR) is 75.0 cm³/mol. The first-order chi connectivity index (χ1) is 10.0. The van der Waals surface area contributed by atoms with Crippen LogP contribution in [0, 0.1) is 5.82 Å². The van der Waals surface area contributed by atoms with E-state index in [0.29, 0.717) is 5.56 Å². The lowest BCUT2D eigenvalue weighted by Crippen LogP contribution is -2.38. The van der Waals surface area contributed by atoms with Crippen LogP contribution >= 0.6 is 11.6 Å². The highest BCUT2D eigenvalue weighted by Gasteiger charge is 2.35. The van der Waals surface area contributed by atoms with Gasteiger partial charge in [0.2, 0.25) is 5.91 Å². The minimum Gasteiger partial charge on any atom is -0.273 e. The summed E-state index contributed by atoms with van der Waals surface area (Å²) in [5, 5.41) is 0. The Morgan fingerprint density at radius 3 is 2.43 bits per heavy atom. The summed E-state index contributed by atoms with van der Waals surface area (Å²) < 4.78 is 12.7. The molecule has 0 radical (unpaired) electrons. The molecule has 0 unspecified atom stereocenters. The number of carbonyl (C=O) groups excluding carboxylic acids is 3. The molecular formula is C14H12ClFN2O3. The Kier molecular flexibility index (Phi) is 4.70. The summed E-state index contributed by atoms with van der Waals surface area (Å²) in [6.45, 7) is 0.272. The maximum atomic E-state index is 12.7. The summed E-state index contributed by atoms with van der Waals surface area (Å²) >= 11 is 5.39. The molecule has 0 bridgehead atoms. The lowest BCUT2D eigenvalue weighted by molar-refractivity contribution is -0.125. The van der Waals surface area contributed by atoms with Crippen molar-refractivity contribution in [1.29, 1.82) is 0 Å². The van der Waals surface area contributed by atoms with E-state index in [1.165, 1.54) is 36.4 Å². The summed E-state index contributed by atoms with van der Waals surface area (Å²) in [5.41, 5.74) is 0.630. The maximum absolute atomic E-state index is 12.7. The van der Waals surface area contributed by atoms with Gasteiger partial charge in [-0.05, 0) is 23.8 Å². The molecule has 1 fully saturated rings. The number of amides is 4. The zero-order chi connectivity index (χ0) is 15.4. The number of hydrogen-bond donors (Lipinski definition) is 0. The number of halogens is 2. The minimum atomic E-state index is -0.672. The van der Waals surface area contributed by atoms with E-state index in [2.05, 4.69) is 0 Å². The first-order valence-corrected chi connectivity index (χ1v) is 6.72. The summed E-state index contributed by atoms with van der Waals surface area (Å²) in [6.07, 6.45) is 2.68. The SMILES string of the molecule is O=C(/C=C/c1ccc(F)cc1)N1CCN(C(=O)CCl)C1=O. The van der Waals surface area contributed by atoms with Gasteiger partial charge in [0.1, 0.15) is 11.7 Å². The Balaban J connectivity index is 2.03. The molecule has 0 saturated carbocycles. The Bertz CT molecular complexity index is 601. The maximum Gasteiger partial charge on any atom is 0.333 e. The molecule has 1 aliphatic rings. The van der Waals surface area contributed by atoms with Gasteiger partial charge in [-0.1, -0.05) is 12.1 Å². The van der Waals surface area contributed by atoms with Gasteiger partial charge in [-0.25, -0.2) is 9.18 Å². The summed E-state index contributed by atoms with van der Waals surface area (Å²) in [6, 6.07) is 4.88. The van der Waals surface area contributed by atoms with E-state index in [-0.39, 0.29) is 24.8 Å². The molecule has 1 aliphatic heterocycles. The van der Waals surface area contributed by atoms with Crippen LogP contribution in [0.5, 0.6) is 0 Å². The van der Waals surface area contributed by atoms with Crippen molar-refractivity contribution in [2.45, 2.75) is 0 Å². The number of urea groups is 1. The third kappa shape index (κ3) is 3.46. The largest absolute Gasteiger partial charge is 0.333 e. The molecule has 1 aromatic carbocycles. The normalized spacial score (nSPS) is 15.0. The average Bonchev–Trinajstić information content (AvgIpc) is 2.87. The Morgan fingerprint density at radius 1 is 1.19 bits per heavy atom. The molecule has 4 amide bonds. The molecule has 1 saturated heterocycles. The van der Waals surface area contributed by atoms with Crippen molar-refractivity contribution < 1.29 is 18.8 Å². The molecule has 5 nitrogen and oxygen atoms in total. The predicted octanol–water partition coefficient (Wildman–Crippen LogP) is 1.87. The van der Waals surface area contributed by atoms with Gasteiger partial charge in [-0.2, -0.15) is 0 Å². The van der Waals surface area contributed by atoms with Crippen LogP contribution in [0.3, 0.4) is 0 Å². The molecule has 110 valence electrons. The lowest BCUT2D eigenvalue weighted by atomic mass is 10.2. The highest BCUT2D eigenvalue weighted by Crippen LogP contribution is 2.11. The number of nitrogens with zero attached hydrogens (tertiary/aromatic N) is 2. The van der Waals surface area contributed by atoms with E-state index in [0.717, 1.165) is 9.80 Å². The third-order valence-electron chi connectivity index (χ3n) is 2.98. The second-order valence-electron chi connectivity index (χ2n) is 4.34. The van der Waals surface area contributed by atoms with Gasteiger partial charge in [-0.3, -0.25) is 19.4 Å². The van der Waals surface area contributed by atoms with Gasteiger partial charge in [0.25, 0.3) is 5.91 Å². The second-order valence-corrected chi connectivity index (χ2v) is 4.60. The highest BCUT2D eigenvalue weighted by atomic mass is 35.5. The van der Waals surface area contributed by atoms with Crippen molar-refractivity contribution in [2.75, 3.05) is 19.0 Å². The summed E-state index contributed by atoms with van der Waals surface area (Å²) in [4.78, 5) is 37.1. The van der Waals surface area contributed by atoms with Crippen LogP contribution in [0.2, 0.25) is 0 Å². The van der Waals surface area contributed by atoms with Gasteiger partial charge >= 0.3 is 6.03 Å². The van der Waals surface area contributed by atoms with Crippen molar-refractivity contribution in [3.63, 3.8) is 0 Å². The van der Waals surface area contributed by atoms with E-state index >= 15 is 0 Å². The van der Waals surface area contributed by atoms with Crippen LogP contribution < -0.4 is 0 Å². The van der Waals surface area contributed by atoms with Crippen molar-refractivity contribution in [1.82, 2.24) is 9.80 Å². The minimum absolute atomic E-state index is 0.133. The fourth-order valence-electron chi connectivity index (χ4n) is 1.88. The van der Waals surface area contributed by atoms with E-state index in [1.54, 1.807) is 0 Å². The summed E-state index contributed by atoms with van der Waals surface area (Å²) in [7, 11) is 0. The molecular weight excluding hydrogens is 299 g/mol. The molecule has 21 heavy (non-hydrogen) atoms. The second kappa shape index (κ2) is 6.49. The Labute approximate surface area is 125 Å². The molecule has 7 heteroatoms. The standard InChI is InChI=1S/C14H12ClFN2O3/c15-9-13(20)18-8-7-17(14(18)21)12(19)6-3-10-1-4-11(16)5-2-10/h1-6H,7-9H2/b6-3+. The van der Waals surface area contributed by atoms with E-state index in [1.807, 2.05) is 0 Å². The molecule has 1 aromatic rings. The average molecular weight is 311 g/mol. The zero-order valence-corrected chi connectivity index (χ0v) is 11.7. The molecule has 0 atom stereocenters. The van der Waals surface area contributed by atoms with Crippen molar-refractivity contribution in [3.8, 4) is 0 Å².